The second-order valence-corrected chi connectivity index (χ2v) is 4.03. The van der Waals surface area contributed by atoms with E-state index in [1.165, 1.54) is 9.80 Å². The quantitative estimate of drug-likeness (QED) is 0.650. The lowest BCUT2D eigenvalue weighted by Crippen LogP contribution is -2.52. The number of carbonyl (C=O) groups excluding carboxylic acids is 2. The van der Waals surface area contributed by atoms with E-state index in [2.05, 4.69) is 0 Å². The molecule has 1 saturated heterocycles. The average Bonchev–Trinajstić information content (AvgIpc) is 2.32. The fraction of sp³-hybridized carbons (Fsp3) is 0.333. The Morgan fingerprint density at radius 3 is 2.31 bits per heavy atom. The summed E-state index contributed by atoms with van der Waals surface area (Å²) in [6, 6.07) is 9.70. The molecular weight excluding hydrogens is 204 g/mol. The third-order valence-electron chi connectivity index (χ3n) is 2.95. The molecule has 1 aliphatic rings. The van der Waals surface area contributed by atoms with Gasteiger partial charge in [-0.3, -0.25) is 9.59 Å². The molecule has 1 aliphatic heterocycles. The number of likely N-dealkylation sites (N-methyl/N-ethyl adjacent to an activating group) is 2. The molecule has 0 spiro atoms. The van der Waals surface area contributed by atoms with Gasteiger partial charge in [0.05, 0.1) is 6.04 Å². The molecule has 0 unspecified atom stereocenters. The summed E-state index contributed by atoms with van der Waals surface area (Å²) >= 11 is 0. The fourth-order valence-electron chi connectivity index (χ4n) is 1.92. The third-order valence-corrected chi connectivity index (χ3v) is 2.95. The zero-order chi connectivity index (χ0) is 11.7. The number of benzene rings is 1. The fourth-order valence-corrected chi connectivity index (χ4v) is 1.92. The van der Waals surface area contributed by atoms with Crippen LogP contribution in [0.15, 0.2) is 30.3 Å². The lowest BCUT2D eigenvalue weighted by atomic mass is 10.0. The first-order valence-electron chi connectivity index (χ1n) is 5.18. The Labute approximate surface area is 94.5 Å². The first-order valence-corrected chi connectivity index (χ1v) is 5.18. The molecule has 84 valence electrons. The van der Waals surface area contributed by atoms with Crippen molar-refractivity contribution in [1.82, 2.24) is 9.80 Å². The van der Waals surface area contributed by atoms with E-state index >= 15 is 0 Å². The van der Waals surface area contributed by atoms with Crippen LogP contribution in [0, 0.1) is 0 Å². The highest BCUT2D eigenvalue weighted by molar-refractivity contribution is 6.35. The van der Waals surface area contributed by atoms with Crippen LogP contribution in [0.4, 0.5) is 0 Å². The first-order chi connectivity index (χ1) is 7.61. The summed E-state index contributed by atoms with van der Waals surface area (Å²) in [5.74, 6) is -0.878. The van der Waals surface area contributed by atoms with Crippen molar-refractivity contribution in [3.8, 4) is 0 Å². The average molecular weight is 218 g/mol. The molecule has 0 radical (unpaired) electrons. The van der Waals surface area contributed by atoms with E-state index < -0.39 is 11.8 Å². The van der Waals surface area contributed by atoms with Gasteiger partial charge in [0.15, 0.2) is 0 Å². The minimum atomic E-state index is -0.442. The van der Waals surface area contributed by atoms with Gasteiger partial charge in [-0.15, -0.1) is 0 Å². The van der Waals surface area contributed by atoms with Crippen LogP contribution in [0.25, 0.3) is 0 Å². The van der Waals surface area contributed by atoms with Crippen molar-refractivity contribution in [3.63, 3.8) is 0 Å². The van der Waals surface area contributed by atoms with Crippen LogP contribution in [0.5, 0.6) is 0 Å². The SMILES string of the molecule is CN1C[C@@H](c2ccccc2)N(C)C(=O)C1=O. The van der Waals surface area contributed by atoms with Crippen LogP contribution >= 0.6 is 0 Å². The number of nitrogens with zero attached hydrogens (tertiary/aromatic N) is 2. The zero-order valence-corrected chi connectivity index (χ0v) is 9.38. The van der Waals surface area contributed by atoms with Crippen LogP contribution in [-0.4, -0.2) is 42.3 Å². The Bertz CT molecular complexity index is 416. The summed E-state index contributed by atoms with van der Waals surface area (Å²) in [6.45, 7) is 0.547. The Hall–Kier alpha value is -1.84. The standard InChI is InChI=1S/C12H14N2O2/c1-13-8-10(9-6-4-3-5-7-9)14(2)12(16)11(13)15/h3-7,10H,8H2,1-2H3/t10-/m0/s1. The highest BCUT2D eigenvalue weighted by Gasteiger charge is 2.35. The van der Waals surface area contributed by atoms with E-state index in [0.717, 1.165) is 5.56 Å². The maximum Gasteiger partial charge on any atom is 0.312 e. The summed E-state index contributed by atoms with van der Waals surface area (Å²) in [7, 11) is 3.33. The van der Waals surface area contributed by atoms with Gasteiger partial charge in [-0.2, -0.15) is 0 Å². The molecule has 0 aliphatic carbocycles. The van der Waals surface area contributed by atoms with Gasteiger partial charge in [0.25, 0.3) is 0 Å². The van der Waals surface area contributed by atoms with Crippen LogP contribution in [0.1, 0.15) is 11.6 Å². The van der Waals surface area contributed by atoms with E-state index in [1.807, 2.05) is 30.3 Å². The predicted molar refractivity (Wildman–Crippen MR) is 59.6 cm³/mol. The second-order valence-electron chi connectivity index (χ2n) is 4.03. The maximum atomic E-state index is 11.7. The van der Waals surface area contributed by atoms with Gasteiger partial charge in [0, 0.05) is 20.6 Å². The van der Waals surface area contributed by atoms with Crippen molar-refractivity contribution in [1.29, 1.82) is 0 Å². The Kier molecular flexibility index (Phi) is 2.64. The molecule has 4 heteroatoms. The summed E-state index contributed by atoms with van der Waals surface area (Å²) in [5, 5.41) is 0. The normalized spacial score (nSPS) is 21.5. The number of rotatable bonds is 1. The van der Waals surface area contributed by atoms with E-state index in [-0.39, 0.29) is 6.04 Å². The Morgan fingerprint density at radius 1 is 1.06 bits per heavy atom. The van der Waals surface area contributed by atoms with Gasteiger partial charge in [0.2, 0.25) is 0 Å². The van der Waals surface area contributed by atoms with Crippen molar-refractivity contribution in [2.24, 2.45) is 0 Å². The molecule has 0 N–H and O–H groups in total. The highest BCUT2D eigenvalue weighted by atomic mass is 16.2. The van der Waals surface area contributed by atoms with Gasteiger partial charge in [-0.1, -0.05) is 30.3 Å². The van der Waals surface area contributed by atoms with Crippen molar-refractivity contribution < 1.29 is 9.59 Å². The first kappa shape index (κ1) is 10.7. The van der Waals surface area contributed by atoms with E-state index in [4.69, 9.17) is 0 Å². The number of hydrogen-bond acceptors (Lipinski definition) is 2. The molecule has 1 fully saturated rings. The minimum absolute atomic E-state index is 0.0450. The Morgan fingerprint density at radius 2 is 1.69 bits per heavy atom. The summed E-state index contributed by atoms with van der Waals surface area (Å²) in [6.07, 6.45) is 0. The number of amides is 2. The predicted octanol–water partition coefficient (Wildman–Crippen LogP) is 0.658. The molecular formula is C12H14N2O2. The summed E-state index contributed by atoms with van der Waals surface area (Å²) < 4.78 is 0. The van der Waals surface area contributed by atoms with Crippen molar-refractivity contribution in [2.75, 3.05) is 20.6 Å². The van der Waals surface area contributed by atoms with Crippen LogP contribution in [-0.2, 0) is 9.59 Å². The van der Waals surface area contributed by atoms with E-state index in [9.17, 15) is 9.59 Å². The van der Waals surface area contributed by atoms with Gasteiger partial charge < -0.3 is 9.80 Å². The second kappa shape index (κ2) is 3.96. The molecule has 2 amide bonds. The van der Waals surface area contributed by atoms with Crippen LogP contribution < -0.4 is 0 Å². The highest BCUT2D eigenvalue weighted by Crippen LogP contribution is 2.23. The van der Waals surface area contributed by atoms with Crippen LogP contribution in [0.2, 0.25) is 0 Å². The van der Waals surface area contributed by atoms with Crippen molar-refractivity contribution in [2.45, 2.75) is 6.04 Å². The Balaban J connectivity index is 2.30. The topological polar surface area (TPSA) is 40.6 Å². The largest absolute Gasteiger partial charge is 0.335 e. The maximum absolute atomic E-state index is 11.7. The van der Waals surface area contributed by atoms with Gasteiger partial charge in [0.1, 0.15) is 0 Å². The van der Waals surface area contributed by atoms with Gasteiger partial charge in [-0.25, -0.2) is 0 Å². The lowest BCUT2D eigenvalue weighted by Gasteiger charge is -2.36. The number of carbonyl (C=O) groups is 2. The van der Waals surface area contributed by atoms with E-state index in [1.54, 1.807) is 14.1 Å². The molecule has 0 aromatic heterocycles. The number of piperazine rings is 1. The smallest absolute Gasteiger partial charge is 0.312 e. The third kappa shape index (κ3) is 1.66. The minimum Gasteiger partial charge on any atom is -0.335 e. The van der Waals surface area contributed by atoms with Gasteiger partial charge >= 0.3 is 11.8 Å². The number of hydrogen-bond donors (Lipinski definition) is 0. The molecule has 2 rings (SSSR count). The van der Waals surface area contributed by atoms with Crippen molar-refractivity contribution in [3.05, 3.63) is 35.9 Å². The molecule has 16 heavy (non-hydrogen) atoms. The molecule has 4 nitrogen and oxygen atoms in total. The molecule has 1 aromatic carbocycles. The summed E-state index contributed by atoms with van der Waals surface area (Å²) in [5.41, 5.74) is 1.05. The molecule has 1 aromatic rings. The monoisotopic (exact) mass is 218 g/mol. The molecule has 0 bridgehead atoms. The summed E-state index contributed by atoms with van der Waals surface area (Å²) in [4.78, 5) is 26.1. The van der Waals surface area contributed by atoms with Gasteiger partial charge in [-0.05, 0) is 5.56 Å². The lowest BCUT2D eigenvalue weighted by molar-refractivity contribution is -0.156. The van der Waals surface area contributed by atoms with Crippen LogP contribution in [0.3, 0.4) is 0 Å². The van der Waals surface area contributed by atoms with Crippen molar-refractivity contribution >= 4 is 11.8 Å². The molecule has 1 heterocycles. The molecule has 0 saturated carbocycles. The van der Waals surface area contributed by atoms with E-state index in [0.29, 0.717) is 6.54 Å². The zero-order valence-electron chi connectivity index (χ0n) is 9.38. The molecule has 1 atom stereocenters.